The van der Waals surface area contributed by atoms with E-state index in [1.807, 2.05) is 44.5 Å². The van der Waals surface area contributed by atoms with E-state index in [-0.39, 0.29) is 11.9 Å². The molecule has 114 valence electrons. The smallest absolute Gasteiger partial charge is 0.128 e. The molecule has 0 aliphatic rings. The molecule has 1 aromatic heterocycles. The topological polar surface area (TPSA) is 29.9 Å². The highest BCUT2D eigenvalue weighted by molar-refractivity contribution is 5.38. The van der Waals surface area contributed by atoms with E-state index in [0.29, 0.717) is 0 Å². The lowest BCUT2D eigenvalue weighted by molar-refractivity contribution is 0.512. The molecule has 0 radical (unpaired) electrons. The Balaban J connectivity index is 2.58. The molecule has 0 spiro atoms. The minimum Gasteiger partial charge on any atom is -0.305 e. The van der Waals surface area contributed by atoms with Gasteiger partial charge in [-0.2, -0.15) is 5.10 Å². The van der Waals surface area contributed by atoms with Crippen molar-refractivity contribution in [1.29, 1.82) is 0 Å². The average molecular weight is 289 g/mol. The van der Waals surface area contributed by atoms with E-state index in [4.69, 9.17) is 0 Å². The summed E-state index contributed by atoms with van der Waals surface area (Å²) in [7, 11) is 0. The molecule has 0 saturated heterocycles. The Hall–Kier alpha value is -1.68. The summed E-state index contributed by atoms with van der Waals surface area (Å²) < 4.78 is 16.5. The molecule has 2 aromatic rings. The predicted molar refractivity (Wildman–Crippen MR) is 84.0 cm³/mol. The molecule has 1 atom stereocenters. The molecular formula is C17H24FN3. The first-order valence-corrected chi connectivity index (χ1v) is 7.52. The second kappa shape index (κ2) is 6.39. The van der Waals surface area contributed by atoms with Crippen molar-refractivity contribution in [3.05, 3.63) is 52.1 Å². The summed E-state index contributed by atoms with van der Waals surface area (Å²) in [5.41, 5.74) is 4.61. The van der Waals surface area contributed by atoms with Crippen molar-refractivity contribution in [2.75, 3.05) is 6.54 Å². The van der Waals surface area contributed by atoms with Gasteiger partial charge in [-0.25, -0.2) is 4.39 Å². The maximum atomic E-state index is 14.5. The van der Waals surface area contributed by atoms with Crippen LogP contribution in [0.2, 0.25) is 0 Å². The van der Waals surface area contributed by atoms with Gasteiger partial charge in [0.15, 0.2) is 0 Å². The van der Waals surface area contributed by atoms with Gasteiger partial charge in [-0.15, -0.1) is 0 Å². The molecule has 0 aliphatic carbocycles. The van der Waals surface area contributed by atoms with E-state index in [1.165, 1.54) is 0 Å². The number of nitrogens with one attached hydrogen (secondary N) is 1. The number of hydrogen-bond donors (Lipinski definition) is 1. The van der Waals surface area contributed by atoms with Gasteiger partial charge in [0.05, 0.1) is 17.4 Å². The summed E-state index contributed by atoms with van der Waals surface area (Å²) in [6.45, 7) is 11.5. The van der Waals surface area contributed by atoms with Crippen LogP contribution in [0.15, 0.2) is 18.2 Å². The standard InChI is InChI=1S/C17H24FN3/c1-6-19-17(15-10-13(5)20-21(15)7-2)16-12(4)8-11(3)9-14(16)18/h8-10,17,19H,6-7H2,1-5H3. The van der Waals surface area contributed by atoms with E-state index in [2.05, 4.69) is 17.3 Å². The Bertz CT molecular complexity index is 608. The van der Waals surface area contributed by atoms with Gasteiger partial charge in [0.2, 0.25) is 0 Å². The number of nitrogens with zero attached hydrogens (tertiary/aromatic N) is 2. The molecule has 0 bridgehead atoms. The number of halogens is 1. The normalized spacial score (nSPS) is 12.7. The summed E-state index contributed by atoms with van der Waals surface area (Å²) in [6, 6.07) is 5.50. The van der Waals surface area contributed by atoms with Crippen molar-refractivity contribution < 1.29 is 4.39 Å². The minimum atomic E-state index is -0.170. The van der Waals surface area contributed by atoms with E-state index < -0.39 is 0 Å². The fraction of sp³-hybridized carbons (Fsp3) is 0.471. The van der Waals surface area contributed by atoms with Crippen molar-refractivity contribution in [2.45, 2.75) is 47.2 Å². The van der Waals surface area contributed by atoms with Gasteiger partial charge in [0.1, 0.15) is 5.82 Å². The van der Waals surface area contributed by atoms with E-state index in [1.54, 1.807) is 6.07 Å². The zero-order valence-corrected chi connectivity index (χ0v) is 13.5. The lowest BCUT2D eigenvalue weighted by atomic mass is 9.96. The molecule has 0 aliphatic heterocycles. The van der Waals surface area contributed by atoms with Crippen LogP contribution in [0.4, 0.5) is 4.39 Å². The van der Waals surface area contributed by atoms with E-state index in [9.17, 15) is 4.39 Å². The Morgan fingerprint density at radius 3 is 2.48 bits per heavy atom. The predicted octanol–water partition coefficient (Wildman–Crippen LogP) is 3.67. The maximum Gasteiger partial charge on any atom is 0.128 e. The van der Waals surface area contributed by atoms with Crippen LogP contribution in [0.25, 0.3) is 0 Å². The largest absolute Gasteiger partial charge is 0.305 e. The summed E-state index contributed by atoms with van der Waals surface area (Å²) in [4.78, 5) is 0. The molecule has 0 amide bonds. The van der Waals surface area contributed by atoms with Gasteiger partial charge in [0.25, 0.3) is 0 Å². The van der Waals surface area contributed by atoms with Crippen LogP contribution in [0.3, 0.4) is 0 Å². The zero-order valence-electron chi connectivity index (χ0n) is 13.5. The van der Waals surface area contributed by atoms with Crippen molar-refractivity contribution in [2.24, 2.45) is 0 Å². The number of hydrogen-bond acceptors (Lipinski definition) is 2. The Labute approximate surface area is 126 Å². The van der Waals surface area contributed by atoms with Gasteiger partial charge in [-0.1, -0.05) is 13.0 Å². The second-order valence-electron chi connectivity index (χ2n) is 5.49. The summed E-state index contributed by atoms with van der Waals surface area (Å²) in [5, 5.41) is 7.89. The third kappa shape index (κ3) is 3.16. The highest BCUT2D eigenvalue weighted by Gasteiger charge is 2.23. The first kappa shape index (κ1) is 15.7. The van der Waals surface area contributed by atoms with Gasteiger partial charge >= 0.3 is 0 Å². The highest BCUT2D eigenvalue weighted by Crippen LogP contribution is 2.29. The third-order valence-electron chi connectivity index (χ3n) is 3.71. The van der Waals surface area contributed by atoms with Crippen LogP contribution < -0.4 is 5.32 Å². The van der Waals surface area contributed by atoms with Crippen LogP contribution in [0, 0.1) is 26.6 Å². The van der Waals surface area contributed by atoms with Gasteiger partial charge in [-0.05, 0) is 57.5 Å². The van der Waals surface area contributed by atoms with Crippen LogP contribution in [0.5, 0.6) is 0 Å². The molecule has 21 heavy (non-hydrogen) atoms. The molecule has 4 heteroatoms. The number of rotatable bonds is 5. The number of aromatic nitrogens is 2. The Kier molecular flexibility index (Phi) is 4.78. The minimum absolute atomic E-state index is 0.153. The fourth-order valence-corrected chi connectivity index (χ4v) is 2.90. The Morgan fingerprint density at radius 2 is 1.90 bits per heavy atom. The SMILES string of the molecule is CCNC(c1c(C)cc(C)cc1F)c1cc(C)nn1CC. The van der Waals surface area contributed by atoms with Crippen molar-refractivity contribution >= 4 is 0 Å². The molecule has 2 rings (SSSR count). The fourth-order valence-electron chi connectivity index (χ4n) is 2.90. The summed E-state index contributed by atoms with van der Waals surface area (Å²) >= 11 is 0. The zero-order chi connectivity index (χ0) is 15.6. The van der Waals surface area contributed by atoms with Gasteiger partial charge in [-0.3, -0.25) is 4.68 Å². The first-order valence-electron chi connectivity index (χ1n) is 7.52. The second-order valence-corrected chi connectivity index (χ2v) is 5.49. The number of benzene rings is 1. The molecule has 3 nitrogen and oxygen atoms in total. The maximum absolute atomic E-state index is 14.5. The van der Waals surface area contributed by atoms with E-state index in [0.717, 1.165) is 41.2 Å². The Morgan fingerprint density at radius 1 is 1.19 bits per heavy atom. The van der Waals surface area contributed by atoms with Crippen molar-refractivity contribution in [3.8, 4) is 0 Å². The van der Waals surface area contributed by atoms with E-state index >= 15 is 0 Å². The third-order valence-corrected chi connectivity index (χ3v) is 3.71. The van der Waals surface area contributed by atoms with Crippen molar-refractivity contribution in [1.82, 2.24) is 15.1 Å². The number of aryl methyl sites for hydroxylation is 4. The molecular weight excluding hydrogens is 265 g/mol. The molecule has 0 fully saturated rings. The lowest BCUT2D eigenvalue weighted by Gasteiger charge is -2.22. The quantitative estimate of drug-likeness (QED) is 0.910. The first-order chi connectivity index (χ1) is 9.97. The van der Waals surface area contributed by atoms with Crippen LogP contribution >= 0.6 is 0 Å². The summed E-state index contributed by atoms with van der Waals surface area (Å²) in [6.07, 6.45) is 0. The van der Waals surface area contributed by atoms with Gasteiger partial charge < -0.3 is 5.32 Å². The summed E-state index contributed by atoms with van der Waals surface area (Å²) in [5.74, 6) is -0.153. The van der Waals surface area contributed by atoms with Crippen LogP contribution in [0.1, 0.15) is 48.0 Å². The monoisotopic (exact) mass is 289 g/mol. The van der Waals surface area contributed by atoms with Gasteiger partial charge in [0, 0.05) is 12.1 Å². The van der Waals surface area contributed by atoms with Crippen LogP contribution in [-0.2, 0) is 6.54 Å². The molecule has 1 N–H and O–H groups in total. The lowest BCUT2D eigenvalue weighted by Crippen LogP contribution is -2.26. The van der Waals surface area contributed by atoms with Crippen LogP contribution in [-0.4, -0.2) is 16.3 Å². The average Bonchev–Trinajstić information content (AvgIpc) is 2.77. The molecule has 1 aromatic carbocycles. The molecule has 1 heterocycles. The molecule has 1 unspecified atom stereocenters. The van der Waals surface area contributed by atoms with Crippen molar-refractivity contribution in [3.63, 3.8) is 0 Å². The highest BCUT2D eigenvalue weighted by atomic mass is 19.1. The molecule has 0 saturated carbocycles.